The van der Waals surface area contributed by atoms with E-state index >= 15 is 0 Å². The second kappa shape index (κ2) is 17.4. The van der Waals surface area contributed by atoms with Crippen LogP contribution in [0.2, 0.25) is 5.02 Å². The van der Waals surface area contributed by atoms with Crippen LogP contribution in [0.4, 0.5) is 0 Å². The third-order valence-electron chi connectivity index (χ3n) is 7.93. The summed E-state index contributed by atoms with van der Waals surface area (Å²) in [7, 11) is -1.35. The highest BCUT2D eigenvalue weighted by Gasteiger charge is 2.10. The molecule has 2 heterocycles. The summed E-state index contributed by atoms with van der Waals surface area (Å²) >= 11 is 6.02. The number of benzene rings is 4. The third-order valence-corrected chi connectivity index (χ3v) is 8.33. The van der Waals surface area contributed by atoms with Gasteiger partial charge in [-0.3, -0.25) is 9.97 Å². The number of hydrogen-bond donors (Lipinski definition) is 2. The number of aromatic nitrogens is 2. The van der Waals surface area contributed by atoms with Crippen molar-refractivity contribution in [3.05, 3.63) is 160 Å². The topological polar surface area (TPSA) is 66.2 Å². The Morgan fingerprint density at radius 2 is 0.979 bits per heavy atom. The van der Waals surface area contributed by atoms with Crippen LogP contribution in [0.5, 0.6) is 0 Å². The maximum atomic E-state index is 8.79. The first kappa shape index (κ1) is 36.9. The first-order valence-electron chi connectivity index (χ1n) is 15.2. The van der Waals surface area contributed by atoms with Crippen LogP contribution >= 0.6 is 11.6 Å². The summed E-state index contributed by atoms with van der Waals surface area (Å²) in [5.41, 5.74) is 14.4. The van der Waals surface area contributed by atoms with E-state index in [0.29, 0.717) is 5.46 Å². The van der Waals surface area contributed by atoms with Crippen molar-refractivity contribution in [1.29, 1.82) is 0 Å². The summed E-state index contributed by atoms with van der Waals surface area (Å²) in [6, 6.07) is 36.4. The third kappa shape index (κ3) is 10.2. The highest BCUT2D eigenvalue weighted by Crippen LogP contribution is 2.29. The first-order valence-corrected chi connectivity index (χ1v) is 15.6. The highest BCUT2D eigenvalue weighted by molar-refractivity contribution is 6.58. The van der Waals surface area contributed by atoms with Gasteiger partial charge in [0.05, 0.1) is 11.4 Å². The fraction of sp³-hybridized carbons (Fsp3) is 0.171. The lowest BCUT2D eigenvalue weighted by Gasteiger charge is -2.10. The molecule has 0 spiro atoms. The van der Waals surface area contributed by atoms with Crippen LogP contribution in [0.15, 0.2) is 122 Å². The van der Waals surface area contributed by atoms with Gasteiger partial charge in [-0.1, -0.05) is 116 Å². The molecule has 0 bridgehead atoms. The second-order valence-electron chi connectivity index (χ2n) is 11.5. The summed E-state index contributed by atoms with van der Waals surface area (Å²) < 4.78 is 0. The Hall–Kier alpha value is -4.55. The molecular weight excluding hydrogens is 599 g/mol. The van der Waals surface area contributed by atoms with Crippen molar-refractivity contribution >= 4 is 24.2 Å². The molecule has 6 rings (SSSR count). The largest absolute Gasteiger partial charge is 0.488 e. The van der Waals surface area contributed by atoms with Crippen molar-refractivity contribution in [3.63, 3.8) is 0 Å². The second-order valence-corrected chi connectivity index (χ2v) is 11.9. The zero-order valence-electron chi connectivity index (χ0n) is 27.3. The molecule has 6 aromatic rings. The van der Waals surface area contributed by atoms with Gasteiger partial charge < -0.3 is 10.0 Å². The minimum absolute atomic E-state index is 0. The van der Waals surface area contributed by atoms with E-state index in [-0.39, 0.29) is 7.43 Å². The van der Waals surface area contributed by atoms with Gasteiger partial charge in [-0.05, 0) is 104 Å². The fourth-order valence-corrected chi connectivity index (χ4v) is 4.85. The van der Waals surface area contributed by atoms with Gasteiger partial charge in [-0.15, -0.1) is 0 Å². The average molecular weight is 643 g/mol. The predicted octanol–water partition coefficient (Wildman–Crippen LogP) is 9.67. The van der Waals surface area contributed by atoms with Gasteiger partial charge in [0, 0.05) is 28.5 Å². The Morgan fingerprint density at radius 3 is 1.47 bits per heavy atom. The molecule has 47 heavy (non-hydrogen) atoms. The quantitative estimate of drug-likeness (QED) is 0.188. The Morgan fingerprint density at radius 1 is 0.489 bits per heavy atom. The SMILES string of the molecule is C.Cc1ccc(-c2cc(-c3ccccc3)ncc2C)cc1C.Cc1ccc(B(O)O)cc1C.Cc1cnc(-c2ccccc2)cc1Cl. The van der Waals surface area contributed by atoms with Crippen molar-refractivity contribution in [3.8, 4) is 33.6 Å². The Kier molecular flexibility index (Phi) is 13.7. The summed E-state index contributed by atoms with van der Waals surface area (Å²) in [5.74, 6) is 0. The Labute approximate surface area is 286 Å². The van der Waals surface area contributed by atoms with Gasteiger partial charge in [-0.25, -0.2) is 0 Å². The molecule has 240 valence electrons. The monoisotopic (exact) mass is 642 g/mol. The molecule has 0 unspecified atom stereocenters. The van der Waals surface area contributed by atoms with E-state index in [0.717, 1.165) is 44.2 Å². The van der Waals surface area contributed by atoms with Crippen molar-refractivity contribution < 1.29 is 10.0 Å². The molecule has 0 atom stereocenters. The van der Waals surface area contributed by atoms with Crippen molar-refractivity contribution in [2.45, 2.75) is 49.0 Å². The molecule has 2 aromatic heterocycles. The Balaban J connectivity index is 0.000000201. The minimum atomic E-state index is -1.35. The minimum Gasteiger partial charge on any atom is -0.423 e. The van der Waals surface area contributed by atoms with E-state index in [4.69, 9.17) is 21.6 Å². The summed E-state index contributed by atoms with van der Waals surface area (Å²) in [6.45, 7) is 12.3. The van der Waals surface area contributed by atoms with Crippen molar-refractivity contribution in [2.24, 2.45) is 0 Å². The maximum absolute atomic E-state index is 8.79. The number of hydrogen-bond acceptors (Lipinski definition) is 4. The fourth-order valence-electron chi connectivity index (χ4n) is 4.70. The molecule has 2 N–H and O–H groups in total. The van der Waals surface area contributed by atoms with Crippen LogP contribution in [0, 0.1) is 41.5 Å². The normalized spacial score (nSPS) is 10.1. The highest BCUT2D eigenvalue weighted by atomic mass is 35.5. The van der Waals surface area contributed by atoms with Crippen LogP contribution in [-0.4, -0.2) is 27.1 Å². The summed E-state index contributed by atoms with van der Waals surface area (Å²) in [4.78, 5) is 8.90. The van der Waals surface area contributed by atoms with E-state index in [1.165, 1.54) is 27.8 Å². The maximum Gasteiger partial charge on any atom is 0.488 e. The Bertz CT molecular complexity index is 1890. The van der Waals surface area contributed by atoms with Crippen LogP contribution in [0.3, 0.4) is 0 Å². The number of nitrogens with zero attached hydrogens (tertiary/aromatic N) is 2. The van der Waals surface area contributed by atoms with Gasteiger partial charge in [-0.2, -0.15) is 0 Å². The van der Waals surface area contributed by atoms with Crippen LogP contribution in [0.25, 0.3) is 33.6 Å². The molecule has 0 radical (unpaired) electrons. The molecule has 0 fully saturated rings. The molecule has 0 saturated carbocycles. The van der Waals surface area contributed by atoms with E-state index in [2.05, 4.69) is 67.1 Å². The zero-order valence-corrected chi connectivity index (χ0v) is 28.0. The van der Waals surface area contributed by atoms with Crippen molar-refractivity contribution in [2.75, 3.05) is 0 Å². The first-order chi connectivity index (χ1) is 22.0. The molecule has 0 aliphatic rings. The van der Waals surface area contributed by atoms with Crippen molar-refractivity contribution in [1.82, 2.24) is 9.97 Å². The molecule has 4 aromatic carbocycles. The summed E-state index contributed by atoms with van der Waals surface area (Å²) in [6.07, 6.45) is 3.76. The van der Waals surface area contributed by atoms with Gasteiger partial charge in [0.1, 0.15) is 0 Å². The molecule has 0 aliphatic carbocycles. The number of pyridine rings is 2. The number of rotatable bonds is 4. The molecule has 4 nitrogen and oxygen atoms in total. The lowest BCUT2D eigenvalue weighted by molar-refractivity contribution is 0.425. The van der Waals surface area contributed by atoms with Gasteiger partial charge in [0.25, 0.3) is 0 Å². The average Bonchev–Trinajstić information content (AvgIpc) is 3.06. The molecular formula is C41H44BClN2O2. The zero-order chi connectivity index (χ0) is 33.2. The van der Waals surface area contributed by atoms with Gasteiger partial charge in [0.15, 0.2) is 0 Å². The van der Waals surface area contributed by atoms with E-state index < -0.39 is 7.12 Å². The molecule has 0 aliphatic heterocycles. The molecule has 6 heteroatoms. The standard InChI is InChI=1S/C20H19N.C12H10ClN.C8H11BO2.CH4/c1-14-9-10-18(11-15(14)2)19-12-20(21-13-16(19)3)17-7-5-4-6-8-17;1-9-8-14-12(7-11(9)13)10-5-3-2-4-6-10;1-6-3-4-8(9(10)11)5-7(6)2;/h4-13H,1-3H3;2-8H,1H3;3-5,10-11H,1-2H3;1H4. The lowest BCUT2D eigenvalue weighted by atomic mass is 9.79. The van der Waals surface area contributed by atoms with Crippen LogP contribution in [-0.2, 0) is 0 Å². The van der Waals surface area contributed by atoms with E-state index in [1.54, 1.807) is 18.3 Å². The van der Waals surface area contributed by atoms with E-state index in [1.807, 2.05) is 87.6 Å². The van der Waals surface area contributed by atoms with Crippen LogP contribution in [0.1, 0.15) is 40.8 Å². The van der Waals surface area contributed by atoms with Gasteiger partial charge >= 0.3 is 7.12 Å². The van der Waals surface area contributed by atoms with Crippen LogP contribution < -0.4 is 5.46 Å². The van der Waals surface area contributed by atoms with Gasteiger partial charge in [0.2, 0.25) is 0 Å². The number of aryl methyl sites for hydroxylation is 6. The summed E-state index contributed by atoms with van der Waals surface area (Å²) in [5, 5.41) is 18.4. The lowest BCUT2D eigenvalue weighted by Crippen LogP contribution is -2.29. The molecule has 0 amide bonds. The number of halogens is 1. The smallest absolute Gasteiger partial charge is 0.423 e. The van der Waals surface area contributed by atoms with E-state index in [9.17, 15) is 0 Å². The predicted molar refractivity (Wildman–Crippen MR) is 201 cm³/mol. The molecule has 0 saturated heterocycles.